The van der Waals surface area contributed by atoms with Gasteiger partial charge in [-0.1, -0.05) is 19.8 Å². The van der Waals surface area contributed by atoms with Crippen molar-refractivity contribution < 1.29 is 4.39 Å². The number of rotatable bonds is 4. The van der Waals surface area contributed by atoms with Crippen LogP contribution in [0.25, 0.3) is 0 Å². The van der Waals surface area contributed by atoms with E-state index in [0.717, 1.165) is 6.42 Å². The van der Waals surface area contributed by atoms with Crippen molar-refractivity contribution in [1.29, 1.82) is 0 Å². The molecular weight excluding hydrogens is 241 g/mol. The topological polar surface area (TPSA) is 28.2 Å². The van der Waals surface area contributed by atoms with Crippen molar-refractivity contribution >= 4 is 5.82 Å². The van der Waals surface area contributed by atoms with Crippen LogP contribution in [0.1, 0.15) is 38.2 Å². The molecule has 0 bridgehead atoms. The molecule has 0 spiro atoms. The molecule has 0 aliphatic heterocycles. The molecule has 0 amide bonds. The van der Waals surface area contributed by atoms with Gasteiger partial charge in [0, 0.05) is 31.4 Å². The van der Waals surface area contributed by atoms with Gasteiger partial charge in [0.15, 0.2) is 11.6 Å². The molecule has 4 heteroatoms. The zero-order valence-corrected chi connectivity index (χ0v) is 12.1. The number of hydrogen-bond acceptors (Lipinski definition) is 3. The van der Waals surface area contributed by atoms with E-state index in [1.165, 1.54) is 19.3 Å². The highest BCUT2D eigenvalue weighted by Crippen LogP contribution is 2.31. The van der Waals surface area contributed by atoms with Crippen LogP contribution in [0.3, 0.4) is 0 Å². The summed E-state index contributed by atoms with van der Waals surface area (Å²) in [6.45, 7) is 2.80. The minimum absolute atomic E-state index is 0.183. The molecule has 1 saturated carbocycles. The molecule has 1 aromatic heterocycles. The van der Waals surface area contributed by atoms with Gasteiger partial charge in [-0.3, -0.25) is 0 Å². The number of aromatic nitrogens is 1. The fourth-order valence-corrected chi connectivity index (χ4v) is 3.07. The van der Waals surface area contributed by atoms with E-state index in [1.54, 1.807) is 12.3 Å². The van der Waals surface area contributed by atoms with Crippen LogP contribution in [-0.4, -0.2) is 25.1 Å². The van der Waals surface area contributed by atoms with Gasteiger partial charge in [0.05, 0.1) is 0 Å². The van der Waals surface area contributed by atoms with E-state index in [4.69, 9.17) is 0 Å². The highest BCUT2D eigenvalue weighted by Gasteiger charge is 2.27. The zero-order valence-electron chi connectivity index (χ0n) is 12.1. The zero-order chi connectivity index (χ0) is 13.8. The van der Waals surface area contributed by atoms with Crippen LogP contribution in [0.15, 0.2) is 12.3 Å². The molecule has 3 nitrogen and oxygen atoms in total. The van der Waals surface area contributed by atoms with Gasteiger partial charge in [-0.2, -0.15) is 0 Å². The second-order valence-corrected chi connectivity index (χ2v) is 5.58. The third kappa shape index (κ3) is 3.06. The van der Waals surface area contributed by atoms with Crippen molar-refractivity contribution in [3.8, 4) is 0 Å². The van der Waals surface area contributed by atoms with Crippen LogP contribution < -0.4 is 10.2 Å². The highest BCUT2D eigenvalue weighted by molar-refractivity contribution is 5.43. The summed E-state index contributed by atoms with van der Waals surface area (Å²) in [7, 11) is 3.80. The van der Waals surface area contributed by atoms with Crippen LogP contribution in [0.2, 0.25) is 0 Å². The van der Waals surface area contributed by atoms with E-state index in [2.05, 4.69) is 17.2 Å². The standard InChI is InChI=1S/C15H24FN3/c1-11-6-4-5-7-13(11)19(3)15-14(16)12(10-17-2)8-9-18-15/h8-9,11,13,17H,4-7,10H2,1-3H3. The summed E-state index contributed by atoms with van der Waals surface area (Å²) in [5.41, 5.74) is 0.683. The monoisotopic (exact) mass is 265 g/mol. The van der Waals surface area contributed by atoms with Crippen molar-refractivity contribution in [3.63, 3.8) is 0 Å². The summed E-state index contributed by atoms with van der Waals surface area (Å²) < 4.78 is 14.4. The quantitative estimate of drug-likeness (QED) is 0.907. The third-order valence-corrected chi connectivity index (χ3v) is 4.22. The molecule has 0 radical (unpaired) electrons. The maximum Gasteiger partial charge on any atom is 0.170 e. The van der Waals surface area contributed by atoms with Gasteiger partial charge in [-0.25, -0.2) is 9.37 Å². The summed E-state index contributed by atoms with van der Waals surface area (Å²) in [4.78, 5) is 6.29. The average Bonchev–Trinajstić information content (AvgIpc) is 2.41. The number of anilines is 1. The van der Waals surface area contributed by atoms with Gasteiger partial charge < -0.3 is 10.2 Å². The number of pyridine rings is 1. The van der Waals surface area contributed by atoms with Crippen molar-refractivity contribution in [2.24, 2.45) is 5.92 Å². The lowest BCUT2D eigenvalue weighted by Crippen LogP contribution is -2.40. The van der Waals surface area contributed by atoms with Gasteiger partial charge in [0.1, 0.15) is 0 Å². The Hall–Kier alpha value is -1.16. The van der Waals surface area contributed by atoms with E-state index < -0.39 is 0 Å². The van der Waals surface area contributed by atoms with Crippen LogP contribution in [-0.2, 0) is 6.54 Å². The minimum Gasteiger partial charge on any atom is -0.354 e. The van der Waals surface area contributed by atoms with Crippen molar-refractivity contribution in [3.05, 3.63) is 23.6 Å². The maximum absolute atomic E-state index is 14.4. The van der Waals surface area contributed by atoms with Gasteiger partial charge in [0.25, 0.3) is 0 Å². The molecule has 1 heterocycles. The van der Waals surface area contributed by atoms with E-state index >= 15 is 0 Å². The molecule has 1 fully saturated rings. The first-order chi connectivity index (χ1) is 9.15. The highest BCUT2D eigenvalue weighted by atomic mass is 19.1. The lowest BCUT2D eigenvalue weighted by atomic mass is 9.85. The summed E-state index contributed by atoms with van der Waals surface area (Å²) in [6, 6.07) is 2.15. The SMILES string of the molecule is CNCc1ccnc(N(C)C2CCCCC2C)c1F. The molecule has 0 aromatic carbocycles. The Bertz CT molecular complexity index is 422. The van der Waals surface area contributed by atoms with Gasteiger partial charge in [-0.15, -0.1) is 0 Å². The van der Waals surface area contributed by atoms with Gasteiger partial charge in [0.2, 0.25) is 0 Å². The summed E-state index contributed by atoms with van der Waals surface area (Å²) in [6.07, 6.45) is 6.59. The second-order valence-electron chi connectivity index (χ2n) is 5.58. The van der Waals surface area contributed by atoms with Crippen molar-refractivity contribution in [2.75, 3.05) is 19.0 Å². The Labute approximate surface area is 115 Å². The lowest BCUT2D eigenvalue weighted by Gasteiger charge is -2.37. The summed E-state index contributed by atoms with van der Waals surface area (Å²) in [5.74, 6) is 0.913. The van der Waals surface area contributed by atoms with E-state index in [1.807, 2.05) is 19.0 Å². The normalized spacial score (nSPS) is 23.4. The predicted molar refractivity (Wildman–Crippen MR) is 76.8 cm³/mol. The van der Waals surface area contributed by atoms with Crippen LogP contribution in [0.4, 0.5) is 10.2 Å². The van der Waals surface area contributed by atoms with Crippen LogP contribution in [0, 0.1) is 11.7 Å². The molecule has 1 aromatic rings. The largest absolute Gasteiger partial charge is 0.354 e. The Balaban J connectivity index is 2.22. The first-order valence-corrected chi connectivity index (χ1v) is 7.16. The molecule has 0 saturated heterocycles. The molecule has 2 unspecified atom stereocenters. The fraction of sp³-hybridized carbons (Fsp3) is 0.667. The molecular formula is C15H24FN3. The smallest absolute Gasteiger partial charge is 0.170 e. The molecule has 2 rings (SSSR count). The number of nitrogens with zero attached hydrogens (tertiary/aromatic N) is 2. The van der Waals surface area contributed by atoms with E-state index in [9.17, 15) is 4.39 Å². The van der Waals surface area contributed by atoms with Crippen LogP contribution in [0.5, 0.6) is 0 Å². The van der Waals surface area contributed by atoms with Crippen LogP contribution >= 0.6 is 0 Å². The Morgan fingerprint density at radius 2 is 2.16 bits per heavy atom. The van der Waals surface area contributed by atoms with E-state index in [-0.39, 0.29) is 5.82 Å². The number of halogens is 1. The number of nitrogens with one attached hydrogen (secondary N) is 1. The molecule has 1 aliphatic carbocycles. The third-order valence-electron chi connectivity index (χ3n) is 4.22. The predicted octanol–water partition coefficient (Wildman–Crippen LogP) is 2.96. The Kier molecular flexibility index (Phi) is 4.75. The summed E-state index contributed by atoms with van der Waals surface area (Å²) >= 11 is 0. The Morgan fingerprint density at radius 1 is 1.42 bits per heavy atom. The summed E-state index contributed by atoms with van der Waals surface area (Å²) in [5, 5.41) is 2.99. The molecule has 1 N–H and O–H groups in total. The molecule has 19 heavy (non-hydrogen) atoms. The maximum atomic E-state index is 14.4. The second kappa shape index (κ2) is 6.33. The molecule has 106 valence electrons. The van der Waals surface area contributed by atoms with Gasteiger partial charge in [-0.05, 0) is 31.9 Å². The average molecular weight is 265 g/mol. The van der Waals surface area contributed by atoms with Crippen molar-refractivity contribution in [1.82, 2.24) is 10.3 Å². The van der Waals surface area contributed by atoms with Crippen molar-refractivity contribution in [2.45, 2.75) is 45.2 Å². The molecule has 1 aliphatic rings. The minimum atomic E-state index is -0.183. The molecule has 2 atom stereocenters. The fourth-order valence-electron chi connectivity index (χ4n) is 3.07. The van der Waals surface area contributed by atoms with Gasteiger partial charge >= 0.3 is 0 Å². The first-order valence-electron chi connectivity index (χ1n) is 7.16. The number of hydrogen-bond donors (Lipinski definition) is 1. The first kappa shape index (κ1) is 14.3. The Morgan fingerprint density at radius 3 is 2.84 bits per heavy atom. The lowest BCUT2D eigenvalue weighted by molar-refractivity contribution is 0.319. The van der Waals surface area contributed by atoms with E-state index in [0.29, 0.717) is 29.9 Å².